The van der Waals surface area contributed by atoms with Gasteiger partial charge in [0.15, 0.2) is 0 Å². The van der Waals surface area contributed by atoms with Gasteiger partial charge in [-0.3, -0.25) is 9.59 Å². The number of carbonyl (C=O) groups excluding carboxylic acids is 2. The average Bonchev–Trinajstić information content (AvgIpc) is 3.02. The van der Waals surface area contributed by atoms with Crippen LogP contribution >= 0.6 is 0 Å². The van der Waals surface area contributed by atoms with Crippen molar-refractivity contribution in [2.24, 2.45) is 11.3 Å². The van der Waals surface area contributed by atoms with Crippen molar-refractivity contribution < 1.29 is 32.2 Å². The van der Waals surface area contributed by atoms with Gasteiger partial charge in [-0.1, -0.05) is 82.9 Å². The molecule has 0 aromatic heterocycles. The van der Waals surface area contributed by atoms with Crippen molar-refractivity contribution in [3.05, 3.63) is 69.9 Å². The SMILES string of the molecule is CCC(C)=C(C)CCC(C)(C)C(=O)OC.CCC(C)C.CCC/C=C(/C=C\C=C(/C)C(=O)Nc1cc(C)c(C)cc1OCC)C(F)(F)F. The lowest BCUT2D eigenvalue weighted by molar-refractivity contribution is -0.151. The normalized spacial score (nSPS) is 12.9. The van der Waals surface area contributed by atoms with Gasteiger partial charge in [-0.2, -0.15) is 13.2 Å². The Morgan fingerprint density at radius 2 is 1.52 bits per heavy atom. The number of hydrogen-bond acceptors (Lipinski definition) is 4. The second kappa shape index (κ2) is 23.9. The molecule has 8 heteroatoms. The number of unbranched alkanes of at least 4 members (excludes halogenated alkanes) is 1. The molecule has 0 aliphatic rings. The number of benzene rings is 1. The maximum absolute atomic E-state index is 13.0. The van der Waals surface area contributed by atoms with E-state index in [4.69, 9.17) is 9.47 Å². The van der Waals surface area contributed by atoms with Gasteiger partial charge in [0, 0.05) is 5.57 Å². The molecule has 5 nitrogen and oxygen atoms in total. The molecule has 1 N–H and O–H groups in total. The molecule has 0 aliphatic carbocycles. The molecular formula is C40H64F3NO4. The number of amides is 1. The van der Waals surface area contributed by atoms with E-state index in [2.05, 4.69) is 46.9 Å². The molecule has 0 saturated carbocycles. The monoisotopic (exact) mass is 679 g/mol. The number of nitrogens with one attached hydrogen (secondary N) is 1. The molecule has 1 rings (SSSR count). The first-order valence-electron chi connectivity index (χ1n) is 17.1. The molecule has 0 spiro atoms. The van der Waals surface area contributed by atoms with Gasteiger partial charge in [0.25, 0.3) is 5.91 Å². The lowest BCUT2D eigenvalue weighted by Gasteiger charge is -2.21. The zero-order valence-electron chi connectivity index (χ0n) is 32.3. The number of hydrogen-bond donors (Lipinski definition) is 1. The largest absolute Gasteiger partial charge is 0.492 e. The Bertz CT molecular complexity index is 1250. The van der Waals surface area contributed by atoms with Crippen LogP contribution in [0.4, 0.5) is 18.9 Å². The predicted molar refractivity (Wildman–Crippen MR) is 196 cm³/mol. The van der Waals surface area contributed by atoms with Crippen molar-refractivity contribution >= 4 is 17.6 Å². The van der Waals surface area contributed by atoms with Crippen LogP contribution in [0.2, 0.25) is 0 Å². The number of alkyl halides is 3. The molecule has 0 heterocycles. The van der Waals surface area contributed by atoms with Crippen molar-refractivity contribution in [2.75, 3.05) is 19.0 Å². The third kappa shape index (κ3) is 19.5. The van der Waals surface area contributed by atoms with Crippen molar-refractivity contribution in [2.45, 2.75) is 135 Å². The average molecular weight is 680 g/mol. The van der Waals surface area contributed by atoms with E-state index in [1.165, 1.54) is 36.8 Å². The molecule has 0 atom stereocenters. The Kier molecular flexibility index (Phi) is 23.4. The standard InChI is InChI=1S/C22H28F3NO2.C13H24O2.C5H12/c1-6-8-11-18(22(23,24)25)12-9-10-15(3)21(27)26-19-13-16(4)17(5)14-20(19)28-7-2;1-7-10(2)11(3)8-9-13(4,5)12(14)15-6;1-4-5(2)3/h9-14H,6-8H2,1-5H3,(H,26,27);7-9H2,1-6H3;5H,4H2,1-3H3/b12-9-,15-10+,18-11-;;. The summed E-state index contributed by atoms with van der Waals surface area (Å²) in [6.45, 7) is 26.5. The summed E-state index contributed by atoms with van der Waals surface area (Å²) in [6.07, 6.45) is 5.52. The Labute approximate surface area is 290 Å². The maximum atomic E-state index is 13.0. The Hall–Kier alpha value is -3.29. The second-order valence-corrected chi connectivity index (χ2v) is 13.1. The fraction of sp³-hybridized carbons (Fsp3) is 0.600. The van der Waals surface area contributed by atoms with Crippen LogP contribution in [0.25, 0.3) is 0 Å². The summed E-state index contributed by atoms with van der Waals surface area (Å²) in [6, 6.07) is 3.66. The van der Waals surface area contributed by atoms with E-state index < -0.39 is 17.7 Å². The van der Waals surface area contributed by atoms with E-state index in [9.17, 15) is 22.8 Å². The topological polar surface area (TPSA) is 64.6 Å². The molecule has 0 aliphatic heterocycles. The van der Waals surface area contributed by atoms with Gasteiger partial charge in [0.1, 0.15) is 5.75 Å². The summed E-state index contributed by atoms with van der Waals surface area (Å²) >= 11 is 0. The first kappa shape index (κ1) is 46.8. The molecule has 0 unspecified atom stereocenters. The number of carbonyl (C=O) groups is 2. The Morgan fingerprint density at radius 3 is 1.98 bits per heavy atom. The van der Waals surface area contributed by atoms with E-state index in [-0.39, 0.29) is 17.0 Å². The third-order valence-electron chi connectivity index (χ3n) is 8.04. The summed E-state index contributed by atoms with van der Waals surface area (Å²) in [7, 11) is 1.45. The van der Waals surface area contributed by atoms with Crippen LogP contribution in [0.15, 0.2) is 58.7 Å². The highest BCUT2D eigenvalue weighted by Gasteiger charge is 2.31. The van der Waals surface area contributed by atoms with Crippen molar-refractivity contribution in [1.82, 2.24) is 0 Å². The predicted octanol–water partition coefficient (Wildman–Crippen LogP) is 12.2. The Balaban J connectivity index is 0. The van der Waals surface area contributed by atoms with E-state index in [1.54, 1.807) is 6.92 Å². The number of aryl methyl sites for hydroxylation is 2. The minimum Gasteiger partial charge on any atom is -0.492 e. The molecule has 1 amide bonds. The molecule has 1 aromatic carbocycles. The molecular weight excluding hydrogens is 615 g/mol. The minimum absolute atomic E-state index is 0.121. The fourth-order valence-electron chi connectivity index (χ4n) is 3.73. The lowest BCUT2D eigenvalue weighted by atomic mass is 9.85. The summed E-state index contributed by atoms with van der Waals surface area (Å²) < 4.78 is 49.2. The smallest absolute Gasteiger partial charge is 0.416 e. The summed E-state index contributed by atoms with van der Waals surface area (Å²) in [5.74, 6) is 0.920. The van der Waals surface area contributed by atoms with Crippen LogP contribution in [-0.2, 0) is 14.3 Å². The number of esters is 1. The van der Waals surface area contributed by atoms with Crippen molar-refractivity contribution in [3.8, 4) is 5.75 Å². The first-order valence-corrected chi connectivity index (χ1v) is 17.1. The summed E-state index contributed by atoms with van der Waals surface area (Å²) in [4.78, 5) is 23.9. The molecule has 274 valence electrons. The van der Waals surface area contributed by atoms with Gasteiger partial charge in [-0.05, 0) is 110 Å². The highest BCUT2D eigenvalue weighted by Crippen LogP contribution is 2.30. The van der Waals surface area contributed by atoms with Crippen LogP contribution in [0, 0.1) is 25.2 Å². The fourth-order valence-corrected chi connectivity index (χ4v) is 3.73. The van der Waals surface area contributed by atoms with E-state index in [0.29, 0.717) is 30.9 Å². The quantitative estimate of drug-likeness (QED) is 0.0920. The maximum Gasteiger partial charge on any atom is 0.416 e. The van der Waals surface area contributed by atoms with Crippen LogP contribution in [0.1, 0.15) is 126 Å². The minimum atomic E-state index is -4.42. The highest BCUT2D eigenvalue weighted by atomic mass is 19.4. The number of ether oxygens (including phenoxy) is 2. The van der Waals surface area contributed by atoms with Crippen LogP contribution < -0.4 is 10.1 Å². The third-order valence-corrected chi connectivity index (χ3v) is 8.04. The van der Waals surface area contributed by atoms with E-state index in [1.807, 2.05) is 53.7 Å². The molecule has 0 bridgehead atoms. The summed E-state index contributed by atoms with van der Waals surface area (Å²) in [5, 5.41) is 2.76. The molecule has 0 fully saturated rings. The van der Waals surface area contributed by atoms with E-state index >= 15 is 0 Å². The number of rotatable bonds is 14. The second-order valence-electron chi connectivity index (χ2n) is 13.1. The molecule has 0 saturated heterocycles. The molecule has 1 aromatic rings. The zero-order chi connectivity index (χ0) is 37.7. The van der Waals surface area contributed by atoms with Crippen LogP contribution in [0.5, 0.6) is 5.75 Å². The lowest BCUT2D eigenvalue weighted by Crippen LogP contribution is -2.25. The van der Waals surface area contributed by atoms with Crippen LogP contribution in [-0.4, -0.2) is 31.8 Å². The van der Waals surface area contributed by atoms with Crippen molar-refractivity contribution in [3.63, 3.8) is 0 Å². The number of allylic oxidation sites excluding steroid dienone is 7. The number of halogens is 3. The first-order chi connectivity index (χ1) is 22.2. The number of anilines is 1. The van der Waals surface area contributed by atoms with Gasteiger partial charge in [0.05, 0.1) is 30.4 Å². The number of methoxy groups -OCH3 is 1. The summed E-state index contributed by atoms with van der Waals surface area (Å²) in [5.41, 5.74) is 4.59. The van der Waals surface area contributed by atoms with Crippen LogP contribution in [0.3, 0.4) is 0 Å². The van der Waals surface area contributed by atoms with Gasteiger partial charge >= 0.3 is 12.1 Å². The van der Waals surface area contributed by atoms with E-state index in [0.717, 1.165) is 48.5 Å². The Morgan fingerprint density at radius 1 is 0.958 bits per heavy atom. The van der Waals surface area contributed by atoms with Gasteiger partial charge in [0.2, 0.25) is 0 Å². The van der Waals surface area contributed by atoms with Crippen molar-refractivity contribution in [1.29, 1.82) is 0 Å². The molecule has 0 radical (unpaired) electrons. The van der Waals surface area contributed by atoms with Gasteiger partial charge < -0.3 is 14.8 Å². The highest BCUT2D eigenvalue weighted by molar-refractivity contribution is 6.04. The molecule has 48 heavy (non-hydrogen) atoms. The van der Waals surface area contributed by atoms with Gasteiger partial charge in [-0.15, -0.1) is 0 Å². The van der Waals surface area contributed by atoms with Gasteiger partial charge in [-0.25, -0.2) is 0 Å². The zero-order valence-corrected chi connectivity index (χ0v) is 32.3.